The van der Waals surface area contributed by atoms with Gasteiger partial charge >= 0.3 is 6.08 Å². The maximum Gasteiger partial charge on any atom is 0.306 e. The summed E-state index contributed by atoms with van der Waals surface area (Å²) in [5.41, 5.74) is -0.132. The minimum atomic E-state index is -2.38. The predicted octanol–water partition coefficient (Wildman–Crippen LogP) is 3.09. The lowest BCUT2D eigenvalue weighted by molar-refractivity contribution is 0.410. The first kappa shape index (κ1) is 9.33. The van der Waals surface area contributed by atoms with Gasteiger partial charge in [-0.3, -0.25) is 0 Å². The zero-order valence-corrected chi connectivity index (χ0v) is 6.39. The van der Waals surface area contributed by atoms with Gasteiger partial charge in [0.1, 0.15) is 0 Å². The number of nitrogens with zero attached hydrogens (tertiary/aromatic N) is 1. The third kappa shape index (κ3) is 2.09. The number of halogens is 3. The normalized spacial score (nSPS) is 9.08. The van der Waals surface area contributed by atoms with Crippen molar-refractivity contribution in [2.24, 2.45) is 0 Å². The van der Waals surface area contributed by atoms with Crippen LogP contribution in [-0.2, 0) is 0 Å². The van der Waals surface area contributed by atoms with E-state index in [2.05, 4.69) is 0 Å². The highest BCUT2D eigenvalue weighted by Gasteiger charge is 2.08. The molecule has 1 aromatic rings. The van der Waals surface area contributed by atoms with E-state index < -0.39 is 11.9 Å². The topological polar surface area (TPSA) is 23.8 Å². The van der Waals surface area contributed by atoms with E-state index in [-0.39, 0.29) is 11.1 Å². The smallest absolute Gasteiger partial charge is 0.200 e. The van der Waals surface area contributed by atoms with Crippen molar-refractivity contribution in [1.29, 1.82) is 5.26 Å². The highest BCUT2D eigenvalue weighted by atomic mass is 19.3. The van der Waals surface area contributed by atoms with Crippen LogP contribution in [0.1, 0.15) is 11.1 Å². The van der Waals surface area contributed by atoms with Gasteiger partial charge in [0, 0.05) is 5.56 Å². The van der Waals surface area contributed by atoms with E-state index >= 15 is 0 Å². The molecule has 0 aromatic heterocycles. The van der Waals surface area contributed by atoms with Crippen LogP contribution in [-0.4, -0.2) is 0 Å². The van der Waals surface area contributed by atoms with Crippen molar-refractivity contribution in [3.63, 3.8) is 0 Å². The Morgan fingerprint density at radius 1 is 1.23 bits per heavy atom. The number of nitriles is 1. The van der Waals surface area contributed by atoms with Crippen molar-refractivity contribution in [2.45, 2.75) is 0 Å². The zero-order chi connectivity index (χ0) is 9.84. The Labute approximate surface area is 72.7 Å². The van der Waals surface area contributed by atoms with Gasteiger partial charge in [0.15, 0.2) is 5.83 Å². The second kappa shape index (κ2) is 3.76. The summed E-state index contributed by atoms with van der Waals surface area (Å²) in [6, 6.07) is 6.72. The van der Waals surface area contributed by atoms with Gasteiger partial charge in [0.2, 0.25) is 0 Å². The molecule has 1 rings (SSSR count). The van der Waals surface area contributed by atoms with Gasteiger partial charge in [-0.05, 0) is 12.1 Å². The van der Waals surface area contributed by atoms with E-state index in [0.717, 1.165) is 6.07 Å². The Morgan fingerprint density at radius 2 is 1.92 bits per heavy atom. The van der Waals surface area contributed by atoms with E-state index in [1.807, 2.05) is 0 Å². The molecule has 0 saturated heterocycles. The fourth-order valence-corrected chi connectivity index (χ4v) is 0.834. The summed E-state index contributed by atoms with van der Waals surface area (Å²) < 4.78 is 36.1. The van der Waals surface area contributed by atoms with Gasteiger partial charge in [0.25, 0.3) is 0 Å². The molecule has 0 radical (unpaired) electrons. The lowest BCUT2D eigenvalue weighted by atomic mass is 10.1. The average Bonchev–Trinajstić information content (AvgIpc) is 2.16. The standard InChI is InChI=1S/C9H4F3N/c10-8(9(11)12)7-3-1-2-6(4-7)5-13/h1-4H. The van der Waals surface area contributed by atoms with E-state index in [1.54, 1.807) is 6.07 Å². The number of benzene rings is 1. The van der Waals surface area contributed by atoms with Crippen molar-refractivity contribution in [3.05, 3.63) is 41.5 Å². The quantitative estimate of drug-likeness (QED) is 0.656. The van der Waals surface area contributed by atoms with Crippen LogP contribution in [0.4, 0.5) is 13.2 Å². The van der Waals surface area contributed by atoms with Crippen LogP contribution in [0, 0.1) is 11.3 Å². The number of hydrogen-bond acceptors (Lipinski definition) is 1. The Balaban J connectivity index is 3.19. The molecule has 0 N–H and O–H groups in total. The summed E-state index contributed by atoms with van der Waals surface area (Å²) in [5.74, 6) is -1.59. The van der Waals surface area contributed by atoms with E-state index in [9.17, 15) is 13.2 Å². The second-order valence-corrected chi connectivity index (χ2v) is 2.27. The third-order valence-electron chi connectivity index (χ3n) is 1.41. The van der Waals surface area contributed by atoms with Gasteiger partial charge in [-0.25, -0.2) is 4.39 Å². The summed E-state index contributed by atoms with van der Waals surface area (Å²) in [4.78, 5) is 0. The van der Waals surface area contributed by atoms with Crippen molar-refractivity contribution < 1.29 is 13.2 Å². The monoisotopic (exact) mass is 183 g/mol. The molecule has 0 aliphatic heterocycles. The van der Waals surface area contributed by atoms with Gasteiger partial charge in [0.05, 0.1) is 11.6 Å². The van der Waals surface area contributed by atoms with Gasteiger partial charge in [-0.15, -0.1) is 0 Å². The molecule has 0 fully saturated rings. The Bertz CT molecular complexity index is 386. The molecule has 0 saturated carbocycles. The molecule has 0 amide bonds. The predicted molar refractivity (Wildman–Crippen MR) is 41.4 cm³/mol. The Kier molecular flexibility index (Phi) is 2.70. The molecule has 1 nitrogen and oxygen atoms in total. The van der Waals surface area contributed by atoms with Crippen LogP contribution in [0.3, 0.4) is 0 Å². The van der Waals surface area contributed by atoms with Crippen LogP contribution in [0.2, 0.25) is 0 Å². The molecule has 4 heteroatoms. The Hall–Kier alpha value is -1.76. The van der Waals surface area contributed by atoms with Crippen molar-refractivity contribution >= 4 is 5.83 Å². The zero-order valence-electron chi connectivity index (χ0n) is 6.39. The van der Waals surface area contributed by atoms with Gasteiger partial charge < -0.3 is 0 Å². The van der Waals surface area contributed by atoms with Crippen LogP contribution in [0.5, 0.6) is 0 Å². The second-order valence-electron chi connectivity index (χ2n) is 2.27. The first-order valence-corrected chi connectivity index (χ1v) is 3.36. The van der Waals surface area contributed by atoms with Crippen LogP contribution < -0.4 is 0 Å². The fourth-order valence-electron chi connectivity index (χ4n) is 0.834. The van der Waals surface area contributed by atoms with Gasteiger partial charge in [-0.2, -0.15) is 14.0 Å². The molecule has 0 aliphatic rings. The number of rotatable bonds is 1. The van der Waals surface area contributed by atoms with E-state index in [0.29, 0.717) is 0 Å². The first-order chi connectivity index (χ1) is 6.15. The van der Waals surface area contributed by atoms with Gasteiger partial charge in [-0.1, -0.05) is 12.1 Å². The molecule has 0 bridgehead atoms. The van der Waals surface area contributed by atoms with E-state index in [4.69, 9.17) is 5.26 Å². The highest BCUT2D eigenvalue weighted by Crippen LogP contribution is 2.22. The fraction of sp³-hybridized carbons (Fsp3) is 0. The average molecular weight is 183 g/mol. The first-order valence-electron chi connectivity index (χ1n) is 3.36. The minimum absolute atomic E-state index is 0.147. The van der Waals surface area contributed by atoms with Crippen LogP contribution in [0.25, 0.3) is 5.83 Å². The Morgan fingerprint density at radius 3 is 2.46 bits per heavy atom. The highest BCUT2D eigenvalue weighted by molar-refractivity contribution is 5.61. The minimum Gasteiger partial charge on any atom is -0.200 e. The summed E-state index contributed by atoms with van der Waals surface area (Å²) >= 11 is 0. The van der Waals surface area contributed by atoms with Crippen molar-refractivity contribution in [2.75, 3.05) is 0 Å². The SMILES string of the molecule is N#Cc1cccc(C(F)=C(F)F)c1. The molecule has 0 spiro atoms. The van der Waals surface area contributed by atoms with Crippen LogP contribution >= 0.6 is 0 Å². The van der Waals surface area contributed by atoms with E-state index in [1.165, 1.54) is 18.2 Å². The summed E-state index contributed by atoms with van der Waals surface area (Å²) in [5, 5.41) is 8.41. The number of hydrogen-bond donors (Lipinski definition) is 0. The molecule has 66 valence electrons. The molecular formula is C9H4F3N. The molecule has 0 atom stereocenters. The summed E-state index contributed by atoms with van der Waals surface area (Å²) in [7, 11) is 0. The maximum atomic E-state index is 12.6. The van der Waals surface area contributed by atoms with Crippen molar-refractivity contribution in [1.82, 2.24) is 0 Å². The summed E-state index contributed by atoms with van der Waals surface area (Å²) in [6.07, 6.45) is -2.38. The lowest BCUT2D eigenvalue weighted by Gasteiger charge is -1.95. The molecule has 1 aromatic carbocycles. The molecular weight excluding hydrogens is 179 g/mol. The molecule has 0 heterocycles. The summed E-state index contributed by atoms with van der Waals surface area (Å²) in [6.45, 7) is 0. The third-order valence-corrected chi connectivity index (χ3v) is 1.41. The maximum absolute atomic E-state index is 12.6. The molecule has 0 unspecified atom stereocenters. The largest absolute Gasteiger partial charge is 0.306 e. The van der Waals surface area contributed by atoms with Crippen molar-refractivity contribution in [3.8, 4) is 6.07 Å². The molecule has 13 heavy (non-hydrogen) atoms. The molecule has 0 aliphatic carbocycles. The van der Waals surface area contributed by atoms with Crippen LogP contribution in [0.15, 0.2) is 30.3 Å². The lowest BCUT2D eigenvalue weighted by Crippen LogP contribution is -1.81.